The van der Waals surface area contributed by atoms with Crippen LogP contribution in [0.15, 0.2) is 28.8 Å². The molecule has 0 radical (unpaired) electrons. The Morgan fingerprint density at radius 2 is 2.26 bits per heavy atom. The summed E-state index contributed by atoms with van der Waals surface area (Å²) in [5.74, 6) is 1.73. The second-order valence-corrected chi connectivity index (χ2v) is 5.48. The molecule has 0 aliphatic rings. The molecule has 6 heteroatoms. The first-order valence-corrected chi connectivity index (χ1v) is 7.89. The summed E-state index contributed by atoms with van der Waals surface area (Å²) in [6, 6.07) is 7.85. The lowest BCUT2D eigenvalue weighted by Gasteiger charge is -1.99. The van der Waals surface area contributed by atoms with Crippen LogP contribution in [0.3, 0.4) is 0 Å². The van der Waals surface area contributed by atoms with Gasteiger partial charge in [-0.2, -0.15) is 16.7 Å². The van der Waals surface area contributed by atoms with Crippen molar-refractivity contribution >= 4 is 29.4 Å². The maximum absolute atomic E-state index is 5.93. The van der Waals surface area contributed by atoms with Gasteiger partial charge >= 0.3 is 6.01 Å². The quantitative estimate of drug-likeness (QED) is 0.784. The molecule has 102 valence electrons. The molecule has 0 amide bonds. The molecule has 0 atom stereocenters. The molecule has 1 heterocycles. The molecule has 2 rings (SSSR count). The zero-order chi connectivity index (χ0) is 13.5. The number of thioether (sulfide) groups is 1. The van der Waals surface area contributed by atoms with Gasteiger partial charge in [0.2, 0.25) is 5.82 Å². The number of aromatic nitrogens is 2. The minimum atomic E-state index is 0.458. The van der Waals surface area contributed by atoms with E-state index in [0.29, 0.717) is 16.9 Å². The molecule has 2 aromatic rings. The average Bonchev–Trinajstić information content (AvgIpc) is 2.87. The molecule has 0 fully saturated rings. The van der Waals surface area contributed by atoms with Gasteiger partial charge in [-0.25, -0.2) is 0 Å². The van der Waals surface area contributed by atoms with E-state index in [1.54, 1.807) is 0 Å². The maximum Gasteiger partial charge on any atom is 0.321 e. The standard InChI is InChI=1S/C13H16ClN3OS/c1-19-8-3-2-7-15-13-16-12(17-18-13)10-5-4-6-11(14)9-10/h4-6,9H,2-3,7-8H2,1H3,(H,15,16,17). The number of halogens is 1. The highest BCUT2D eigenvalue weighted by molar-refractivity contribution is 7.98. The fraction of sp³-hybridized carbons (Fsp3) is 0.385. The molecule has 0 unspecified atom stereocenters. The van der Waals surface area contributed by atoms with E-state index in [1.165, 1.54) is 12.2 Å². The van der Waals surface area contributed by atoms with Gasteiger partial charge in [0.15, 0.2) is 0 Å². The minimum Gasteiger partial charge on any atom is -0.338 e. The van der Waals surface area contributed by atoms with Gasteiger partial charge in [0.1, 0.15) is 0 Å². The predicted molar refractivity (Wildman–Crippen MR) is 80.8 cm³/mol. The van der Waals surface area contributed by atoms with Crippen molar-refractivity contribution in [3.63, 3.8) is 0 Å². The molecule has 1 aromatic carbocycles. The fourth-order valence-electron chi connectivity index (χ4n) is 1.61. The van der Waals surface area contributed by atoms with Crippen molar-refractivity contribution < 1.29 is 4.52 Å². The highest BCUT2D eigenvalue weighted by atomic mass is 35.5. The third-order valence-electron chi connectivity index (χ3n) is 2.56. The molecule has 0 aliphatic carbocycles. The summed E-state index contributed by atoms with van der Waals surface area (Å²) in [4.78, 5) is 4.29. The Bertz CT molecular complexity index is 518. The van der Waals surface area contributed by atoms with E-state index < -0.39 is 0 Å². The van der Waals surface area contributed by atoms with Crippen molar-refractivity contribution in [2.75, 3.05) is 23.9 Å². The Morgan fingerprint density at radius 3 is 3.05 bits per heavy atom. The van der Waals surface area contributed by atoms with Crippen molar-refractivity contribution in [2.45, 2.75) is 12.8 Å². The monoisotopic (exact) mass is 297 g/mol. The predicted octanol–water partition coefficient (Wildman–Crippen LogP) is 3.95. The van der Waals surface area contributed by atoms with Crippen LogP contribution in [0.2, 0.25) is 5.02 Å². The molecular weight excluding hydrogens is 282 g/mol. The SMILES string of the molecule is CSCCCCNc1nc(-c2cccc(Cl)c2)no1. The molecule has 0 saturated heterocycles. The Hall–Kier alpha value is -1.20. The molecule has 0 spiro atoms. The van der Waals surface area contributed by atoms with E-state index >= 15 is 0 Å². The zero-order valence-corrected chi connectivity index (χ0v) is 12.3. The molecule has 0 aliphatic heterocycles. The Morgan fingerprint density at radius 1 is 1.37 bits per heavy atom. The smallest absolute Gasteiger partial charge is 0.321 e. The number of benzene rings is 1. The summed E-state index contributed by atoms with van der Waals surface area (Å²) in [5, 5.41) is 7.72. The second-order valence-electron chi connectivity index (χ2n) is 4.06. The number of rotatable bonds is 7. The van der Waals surface area contributed by atoms with Crippen LogP contribution >= 0.6 is 23.4 Å². The highest BCUT2D eigenvalue weighted by Gasteiger charge is 2.08. The van der Waals surface area contributed by atoms with Crippen LogP contribution in [-0.2, 0) is 0 Å². The van der Waals surface area contributed by atoms with Crippen molar-refractivity contribution in [1.82, 2.24) is 10.1 Å². The number of nitrogens with zero attached hydrogens (tertiary/aromatic N) is 2. The van der Waals surface area contributed by atoms with Crippen LogP contribution < -0.4 is 5.32 Å². The lowest BCUT2D eigenvalue weighted by molar-refractivity contribution is 0.431. The van der Waals surface area contributed by atoms with E-state index in [4.69, 9.17) is 16.1 Å². The van der Waals surface area contributed by atoms with Crippen molar-refractivity contribution in [2.24, 2.45) is 0 Å². The Kier molecular flexibility index (Phi) is 5.54. The summed E-state index contributed by atoms with van der Waals surface area (Å²) >= 11 is 7.79. The summed E-state index contributed by atoms with van der Waals surface area (Å²) in [7, 11) is 0. The van der Waals surface area contributed by atoms with Gasteiger partial charge in [0, 0.05) is 17.1 Å². The first-order valence-electron chi connectivity index (χ1n) is 6.12. The van der Waals surface area contributed by atoms with Crippen molar-refractivity contribution in [1.29, 1.82) is 0 Å². The van der Waals surface area contributed by atoms with Gasteiger partial charge in [0.25, 0.3) is 0 Å². The third kappa shape index (κ3) is 4.44. The average molecular weight is 298 g/mol. The third-order valence-corrected chi connectivity index (χ3v) is 3.49. The zero-order valence-electron chi connectivity index (χ0n) is 10.7. The van der Waals surface area contributed by atoms with Gasteiger partial charge < -0.3 is 9.84 Å². The summed E-state index contributed by atoms with van der Waals surface area (Å²) in [6.07, 6.45) is 4.39. The molecule has 19 heavy (non-hydrogen) atoms. The number of hydrogen-bond acceptors (Lipinski definition) is 5. The van der Waals surface area contributed by atoms with Crippen LogP contribution in [0, 0.1) is 0 Å². The van der Waals surface area contributed by atoms with Gasteiger partial charge in [-0.1, -0.05) is 28.9 Å². The molecular formula is C13H16ClN3OS. The van der Waals surface area contributed by atoms with E-state index in [9.17, 15) is 0 Å². The fourth-order valence-corrected chi connectivity index (χ4v) is 2.29. The van der Waals surface area contributed by atoms with Crippen LogP contribution in [-0.4, -0.2) is 28.7 Å². The van der Waals surface area contributed by atoms with Crippen LogP contribution in [0.4, 0.5) is 6.01 Å². The lowest BCUT2D eigenvalue weighted by Crippen LogP contribution is -2.01. The number of nitrogens with one attached hydrogen (secondary N) is 1. The van der Waals surface area contributed by atoms with Crippen molar-refractivity contribution in [3.8, 4) is 11.4 Å². The molecule has 1 aromatic heterocycles. The summed E-state index contributed by atoms with van der Waals surface area (Å²) < 4.78 is 5.14. The molecule has 4 nitrogen and oxygen atoms in total. The first kappa shape index (κ1) is 14.2. The normalized spacial score (nSPS) is 10.6. The van der Waals surface area contributed by atoms with Gasteiger partial charge in [-0.3, -0.25) is 0 Å². The van der Waals surface area contributed by atoms with Crippen LogP contribution in [0.5, 0.6) is 0 Å². The summed E-state index contributed by atoms with van der Waals surface area (Å²) in [6.45, 7) is 0.845. The second kappa shape index (κ2) is 7.40. The molecule has 0 saturated carbocycles. The maximum atomic E-state index is 5.93. The number of unbranched alkanes of at least 4 members (excludes halogenated alkanes) is 1. The Labute approximate surface area is 121 Å². The first-order chi connectivity index (χ1) is 9.29. The van der Waals surface area contributed by atoms with E-state index in [2.05, 4.69) is 21.7 Å². The minimum absolute atomic E-state index is 0.458. The summed E-state index contributed by atoms with van der Waals surface area (Å²) in [5.41, 5.74) is 0.853. The van der Waals surface area contributed by atoms with Crippen LogP contribution in [0.25, 0.3) is 11.4 Å². The Balaban J connectivity index is 1.88. The highest BCUT2D eigenvalue weighted by Crippen LogP contribution is 2.21. The van der Waals surface area contributed by atoms with E-state index in [0.717, 1.165) is 18.5 Å². The van der Waals surface area contributed by atoms with E-state index in [1.807, 2.05) is 36.0 Å². The van der Waals surface area contributed by atoms with Gasteiger partial charge in [-0.15, -0.1) is 0 Å². The lowest BCUT2D eigenvalue weighted by atomic mass is 10.2. The van der Waals surface area contributed by atoms with Crippen LogP contribution in [0.1, 0.15) is 12.8 Å². The molecule has 0 bridgehead atoms. The van der Waals surface area contributed by atoms with Gasteiger partial charge in [-0.05, 0) is 37.0 Å². The molecule has 1 N–H and O–H groups in total. The number of anilines is 1. The van der Waals surface area contributed by atoms with E-state index in [-0.39, 0.29) is 0 Å². The number of hydrogen-bond donors (Lipinski definition) is 1. The largest absolute Gasteiger partial charge is 0.338 e. The van der Waals surface area contributed by atoms with Crippen molar-refractivity contribution in [3.05, 3.63) is 29.3 Å². The topological polar surface area (TPSA) is 51.0 Å². The van der Waals surface area contributed by atoms with Gasteiger partial charge in [0.05, 0.1) is 0 Å².